The van der Waals surface area contributed by atoms with Crippen LogP contribution in [0.1, 0.15) is 11.1 Å². The molecule has 1 unspecified atom stereocenters. The van der Waals surface area contributed by atoms with Crippen molar-refractivity contribution in [3.8, 4) is 5.75 Å². The van der Waals surface area contributed by atoms with Crippen molar-refractivity contribution in [1.29, 1.82) is 0 Å². The predicted molar refractivity (Wildman–Crippen MR) is 102 cm³/mol. The second-order valence-corrected chi connectivity index (χ2v) is 6.42. The van der Waals surface area contributed by atoms with Gasteiger partial charge in [0.1, 0.15) is 5.75 Å². The minimum absolute atomic E-state index is 0.595. The molecule has 0 saturated heterocycles. The number of hydrogen-bond acceptors (Lipinski definition) is 1. The smallest absolute Gasteiger partial charge is 0.159 e. The van der Waals surface area contributed by atoms with Gasteiger partial charge in [-0.05, 0) is 42.7 Å². The molecule has 3 aromatic rings. The summed E-state index contributed by atoms with van der Waals surface area (Å²) in [5.74, 6) is 2.10. The highest BCUT2D eigenvalue weighted by Gasteiger charge is 2.45. The number of hydrogen-bond donors (Lipinski definition) is 0. The molecule has 1 heteroatoms. The maximum absolute atomic E-state index is 6.78. The van der Waals surface area contributed by atoms with Gasteiger partial charge in [0.25, 0.3) is 0 Å². The van der Waals surface area contributed by atoms with Crippen LogP contribution in [0.2, 0.25) is 0 Å². The van der Waals surface area contributed by atoms with Crippen molar-refractivity contribution in [3.05, 3.63) is 116 Å². The maximum Gasteiger partial charge on any atom is 0.159 e. The van der Waals surface area contributed by atoms with Gasteiger partial charge in [-0.2, -0.15) is 0 Å². The second-order valence-electron chi connectivity index (χ2n) is 6.42. The van der Waals surface area contributed by atoms with E-state index in [0.29, 0.717) is 0 Å². The molecule has 1 atom stereocenters. The molecule has 0 aromatic heterocycles. The molecule has 1 heterocycles. The van der Waals surface area contributed by atoms with E-state index >= 15 is 0 Å². The van der Waals surface area contributed by atoms with E-state index in [-0.39, 0.29) is 0 Å². The summed E-state index contributed by atoms with van der Waals surface area (Å²) < 4.78 is 6.78. The van der Waals surface area contributed by atoms with Gasteiger partial charge in [-0.3, -0.25) is 0 Å². The zero-order valence-electron chi connectivity index (χ0n) is 13.7. The Morgan fingerprint density at radius 2 is 1.48 bits per heavy atom. The first-order valence-electron chi connectivity index (χ1n) is 8.54. The molecule has 25 heavy (non-hydrogen) atoms. The monoisotopic (exact) mass is 321 g/mol. The van der Waals surface area contributed by atoms with Crippen molar-refractivity contribution < 1.29 is 4.74 Å². The summed E-state index contributed by atoms with van der Waals surface area (Å²) in [6.07, 6.45) is 12.8. The van der Waals surface area contributed by atoms with E-state index in [9.17, 15) is 0 Å². The number of benzene rings is 3. The van der Waals surface area contributed by atoms with E-state index in [1.54, 1.807) is 0 Å². The molecule has 1 aliphatic carbocycles. The Labute approximate surface area is 149 Å². The van der Waals surface area contributed by atoms with E-state index in [1.807, 2.05) is 6.07 Å². The average molecular weight is 321 g/mol. The van der Waals surface area contributed by atoms with Gasteiger partial charge in [0, 0.05) is 16.9 Å². The Bertz CT molecular complexity index is 935. The summed E-state index contributed by atoms with van der Waals surface area (Å²) in [7, 11) is 0. The van der Waals surface area contributed by atoms with Crippen LogP contribution in [0.3, 0.4) is 0 Å². The van der Waals surface area contributed by atoms with E-state index in [2.05, 4.69) is 98.5 Å². The largest absolute Gasteiger partial charge is 0.477 e. The third-order valence-electron chi connectivity index (χ3n) is 4.96. The van der Waals surface area contributed by atoms with Gasteiger partial charge >= 0.3 is 0 Å². The molecule has 1 saturated carbocycles. The van der Waals surface area contributed by atoms with Crippen LogP contribution in [0.25, 0.3) is 16.8 Å². The lowest BCUT2D eigenvalue weighted by Crippen LogP contribution is -2.38. The quantitative estimate of drug-likeness (QED) is 0.601. The highest BCUT2D eigenvalue weighted by atomic mass is 16.5. The van der Waals surface area contributed by atoms with Gasteiger partial charge in [-0.25, -0.2) is 0 Å². The zero-order valence-corrected chi connectivity index (χ0v) is 13.7. The van der Waals surface area contributed by atoms with Gasteiger partial charge in [0.2, 0.25) is 0 Å². The average Bonchev–Trinajstić information content (AvgIpc) is 3.23. The van der Waals surface area contributed by atoms with Gasteiger partial charge in [-0.15, -0.1) is 0 Å². The Balaban J connectivity index is 1.71. The van der Waals surface area contributed by atoms with Crippen LogP contribution in [-0.2, 0) is 5.60 Å². The van der Waals surface area contributed by atoms with Crippen LogP contribution in [0.15, 0.2) is 72.8 Å². The minimum Gasteiger partial charge on any atom is -0.477 e. The fraction of sp³-hybridized carbons (Fsp3) is 0.0417. The van der Waals surface area contributed by atoms with Crippen LogP contribution in [-0.4, -0.2) is 0 Å². The lowest BCUT2D eigenvalue weighted by molar-refractivity contribution is 0.142. The molecule has 1 nitrogen and oxygen atoms in total. The van der Waals surface area contributed by atoms with Crippen LogP contribution >= 0.6 is 0 Å². The summed E-state index contributed by atoms with van der Waals surface area (Å²) in [5.41, 5.74) is 1.66. The molecule has 5 radical (unpaired) electrons. The maximum atomic E-state index is 6.78. The number of ether oxygens (including phenoxy) is 1. The van der Waals surface area contributed by atoms with Crippen molar-refractivity contribution >= 4 is 16.8 Å². The van der Waals surface area contributed by atoms with E-state index in [0.717, 1.165) is 28.2 Å². The van der Waals surface area contributed by atoms with Crippen molar-refractivity contribution in [1.82, 2.24) is 0 Å². The number of rotatable bonds is 2. The fourth-order valence-electron chi connectivity index (χ4n) is 3.69. The van der Waals surface area contributed by atoms with E-state index < -0.39 is 5.60 Å². The molecule has 119 valence electrons. The first-order chi connectivity index (χ1) is 12.4. The molecule has 5 rings (SSSR count). The van der Waals surface area contributed by atoms with Crippen LogP contribution in [0.5, 0.6) is 5.75 Å². The second kappa shape index (κ2) is 5.77. The highest BCUT2D eigenvalue weighted by molar-refractivity contribution is 5.92. The SMILES string of the molecule is [CH]1[CH][CH][C](C2(c3ccccc3)C=Cc3ccc4ccccc4c3O2)[CH]1. The molecule has 1 aliphatic heterocycles. The summed E-state index contributed by atoms with van der Waals surface area (Å²) in [6.45, 7) is 0. The molecular formula is C24H17O. The topological polar surface area (TPSA) is 9.23 Å². The predicted octanol–water partition coefficient (Wildman–Crippen LogP) is 5.55. The molecule has 0 amide bonds. The summed E-state index contributed by atoms with van der Waals surface area (Å²) in [6, 6.07) is 23.1. The van der Waals surface area contributed by atoms with Gasteiger partial charge in [-0.1, -0.05) is 72.8 Å². The van der Waals surface area contributed by atoms with Gasteiger partial charge in [0.05, 0.1) is 0 Å². The Morgan fingerprint density at radius 3 is 2.32 bits per heavy atom. The summed E-state index contributed by atoms with van der Waals surface area (Å²) >= 11 is 0. The van der Waals surface area contributed by atoms with E-state index in [4.69, 9.17) is 4.74 Å². The Hall–Kier alpha value is -2.54. The lowest BCUT2D eigenvalue weighted by atomic mass is 9.78. The Kier molecular flexibility index (Phi) is 3.41. The molecule has 3 aromatic carbocycles. The lowest BCUT2D eigenvalue weighted by Gasteiger charge is -2.40. The van der Waals surface area contributed by atoms with Crippen LogP contribution < -0.4 is 4.74 Å². The normalized spacial score (nSPS) is 22.7. The zero-order chi connectivity index (χ0) is 16.7. The molecular weight excluding hydrogens is 304 g/mol. The standard InChI is InChI=1S/C24H17O/c1-2-9-20(10-3-1)24(21-11-5-6-12-21)17-16-19-15-14-18-8-4-7-13-22(18)23(19)25-24/h1-17H. The third kappa shape index (κ3) is 2.30. The summed E-state index contributed by atoms with van der Waals surface area (Å²) in [5, 5.41) is 2.34. The number of fused-ring (bicyclic) bond motifs is 3. The van der Waals surface area contributed by atoms with Crippen molar-refractivity contribution in [2.75, 3.05) is 0 Å². The third-order valence-corrected chi connectivity index (χ3v) is 4.96. The minimum atomic E-state index is -0.595. The van der Waals surface area contributed by atoms with Crippen LogP contribution in [0.4, 0.5) is 0 Å². The van der Waals surface area contributed by atoms with Crippen LogP contribution in [0, 0.1) is 31.6 Å². The van der Waals surface area contributed by atoms with E-state index in [1.165, 1.54) is 5.39 Å². The van der Waals surface area contributed by atoms with Gasteiger partial charge in [0.15, 0.2) is 5.60 Å². The van der Waals surface area contributed by atoms with Crippen molar-refractivity contribution in [2.45, 2.75) is 5.60 Å². The molecule has 2 aliphatic rings. The van der Waals surface area contributed by atoms with Gasteiger partial charge < -0.3 is 4.74 Å². The summed E-state index contributed by atoms with van der Waals surface area (Å²) in [4.78, 5) is 0. The fourth-order valence-corrected chi connectivity index (χ4v) is 3.69. The highest BCUT2D eigenvalue weighted by Crippen LogP contribution is 2.49. The first kappa shape index (κ1) is 14.8. The van der Waals surface area contributed by atoms with Crippen molar-refractivity contribution in [2.24, 2.45) is 0 Å². The first-order valence-corrected chi connectivity index (χ1v) is 8.54. The molecule has 0 bridgehead atoms. The molecule has 0 spiro atoms. The van der Waals surface area contributed by atoms with Crippen molar-refractivity contribution in [3.63, 3.8) is 0 Å². The Morgan fingerprint density at radius 1 is 0.720 bits per heavy atom. The molecule has 1 fully saturated rings. The molecule has 0 N–H and O–H groups in total.